The molecule has 0 aromatic heterocycles. The largest absolute Gasteiger partial charge is 0.523 e. The molecule has 1 unspecified atom stereocenters. The second-order valence-electron chi connectivity index (χ2n) is 3.19. The molecule has 5 nitrogen and oxygen atoms in total. The number of carbonyl (C=O) groups is 1. The lowest BCUT2D eigenvalue weighted by Crippen LogP contribution is -2.33. The molecule has 1 aliphatic carbocycles. The molecule has 1 heterocycles. The van der Waals surface area contributed by atoms with Crippen LogP contribution >= 0.6 is 0 Å². The average Bonchev–Trinajstić information content (AvgIpc) is 2.59. The number of halogens is 3. The van der Waals surface area contributed by atoms with Crippen molar-refractivity contribution in [3.8, 4) is 0 Å². The second kappa shape index (κ2) is 3.81. The van der Waals surface area contributed by atoms with Gasteiger partial charge in [-0.1, -0.05) is 12.2 Å². The molecule has 0 fully saturated rings. The number of hydrogen-bond acceptors (Lipinski definition) is 4. The number of ether oxygens (including phenoxy) is 1. The third kappa shape index (κ3) is 2.26. The van der Waals surface area contributed by atoms with Crippen LogP contribution in [0.15, 0.2) is 34.0 Å². The summed E-state index contributed by atoms with van der Waals surface area (Å²) >= 11 is 0. The van der Waals surface area contributed by atoms with Crippen molar-refractivity contribution in [3.63, 3.8) is 0 Å². The van der Waals surface area contributed by atoms with Gasteiger partial charge in [-0.2, -0.15) is 5.10 Å². The van der Waals surface area contributed by atoms with Crippen LogP contribution in [0.2, 0.25) is 0 Å². The summed E-state index contributed by atoms with van der Waals surface area (Å²) in [4.78, 5) is 10.7. The van der Waals surface area contributed by atoms with Gasteiger partial charge >= 0.3 is 12.3 Å². The third-order valence-electron chi connectivity index (χ3n) is 2.07. The monoisotopic (exact) mass is 246 g/mol. The Bertz CT molecular complexity index is 488. The SMILES string of the molecule is O=C(O)C1=NN=C2C1=CC=CC2OC(F)(F)F. The highest BCUT2D eigenvalue weighted by atomic mass is 19.4. The summed E-state index contributed by atoms with van der Waals surface area (Å²) in [6.07, 6.45) is -2.57. The van der Waals surface area contributed by atoms with Gasteiger partial charge in [-0.3, -0.25) is 4.74 Å². The van der Waals surface area contributed by atoms with E-state index < -0.39 is 18.4 Å². The summed E-state index contributed by atoms with van der Waals surface area (Å²) < 4.78 is 40.0. The molecule has 0 aromatic rings. The van der Waals surface area contributed by atoms with Gasteiger partial charge in [0.25, 0.3) is 0 Å². The lowest BCUT2D eigenvalue weighted by molar-refractivity contribution is -0.328. The Hall–Kier alpha value is -1.96. The Kier molecular flexibility index (Phi) is 2.58. The normalized spacial score (nSPS) is 22.8. The maximum atomic E-state index is 12.1. The van der Waals surface area contributed by atoms with E-state index in [4.69, 9.17) is 5.11 Å². The summed E-state index contributed by atoms with van der Waals surface area (Å²) in [5.74, 6) is -1.35. The predicted octanol–water partition coefficient (Wildman–Crippen LogP) is 1.28. The lowest BCUT2D eigenvalue weighted by Gasteiger charge is -2.18. The molecular weight excluding hydrogens is 241 g/mol. The van der Waals surface area contributed by atoms with E-state index in [2.05, 4.69) is 14.9 Å². The van der Waals surface area contributed by atoms with Gasteiger partial charge in [0.2, 0.25) is 0 Å². The quantitative estimate of drug-likeness (QED) is 0.797. The maximum absolute atomic E-state index is 12.1. The zero-order valence-electron chi connectivity index (χ0n) is 8.10. The van der Waals surface area contributed by atoms with Gasteiger partial charge in [-0.05, 0) is 6.08 Å². The van der Waals surface area contributed by atoms with Crippen LogP contribution in [-0.2, 0) is 9.53 Å². The number of carboxylic acids is 1. The molecule has 0 saturated carbocycles. The van der Waals surface area contributed by atoms with E-state index in [-0.39, 0.29) is 17.0 Å². The zero-order chi connectivity index (χ0) is 12.6. The Morgan fingerprint density at radius 2 is 2.12 bits per heavy atom. The molecule has 0 amide bonds. The topological polar surface area (TPSA) is 71.2 Å². The van der Waals surface area contributed by atoms with Crippen molar-refractivity contribution in [2.75, 3.05) is 0 Å². The van der Waals surface area contributed by atoms with Crippen molar-refractivity contribution in [2.24, 2.45) is 10.2 Å². The molecule has 2 rings (SSSR count). The maximum Gasteiger partial charge on any atom is 0.523 e. The van der Waals surface area contributed by atoms with Crippen molar-refractivity contribution < 1.29 is 27.8 Å². The fourth-order valence-electron chi connectivity index (χ4n) is 1.45. The summed E-state index contributed by atoms with van der Waals surface area (Å²) in [5.41, 5.74) is -0.503. The second-order valence-corrected chi connectivity index (χ2v) is 3.19. The molecule has 0 spiro atoms. The number of hydrogen-bond donors (Lipinski definition) is 1. The minimum absolute atomic E-state index is 0.0363. The van der Waals surface area contributed by atoms with E-state index in [1.54, 1.807) is 0 Å². The standard InChI is InChI=1S/C9H5F3N2O3/c10-9(11,12)17-5-3-1-2-4-6(5)13-14-7(4)8(15)16/h1-3,5H,(H,15,16). The van der Waals surface area contributed by atoms with Crippen molar-refractivity contribution in [1.82, 2.24) is 0 Å². The van der Waals surface area contributed by atoms with Gasteiger partial charge in [0.15, 0.2) is 5.71 Å². The van der Waals surface area contributed by atoms with Crippen molar-refractivity contribution in [3.05, 3.63) is 23.8 Å². The van der Waals surface area contributed by atoms with Crippen molar-refractivity contribution in [2.45, 2.75) is 12.5 Å². The molecule has 0 radical (unpaired) electrons. The van der Waals surface area contributed by atoms with E-state index >= 15 is 0 Å². The van der Waals surface area contributed by atoms with Gasteiger partial charge in [-0.25, -0.2) is 4.79 Å². The van der Waals surface area contributed by atoms with Gasteiger partial charge < -0.3 is 5.11 Å². The number of carboxylic acid groups (broad SMARTS) is 1. The Balaban J connectivity index is 2.23. The van der Waals surface area contributed by atoms with E-state index in [9.17, 15) is 18.0 Å². The smallest absolute Gasteiger partial charge is 0.476 e. The summed E-state index contributed by atoms with van der Waals surface area (Å²) in [6.45, 7) is 0. The molecule has 0 saturated heterocycles. The van der Waals surface area contributed by atoms with Gasteiger partial charge in [0, 0.05) is 5.57 Å². The minimum atomic E-state index is -4.83. The average molecular weight is 246 g/mol. The van der Waals surface area contributed by atoms with Crippen LogP contribution in [0.3, 0.4) is 0 Å². The van der Waals surface area contributed by atoms with Crippen LogP contribution in [0.4, 0.5) is 13.2 Å². The fraction of sp³-hybridized carbons (Fsp3) is 0.222. The Morgan fingerprint density at radius 3 is 2.71 bits per heavy atom. The summed E-state index contributed by atoms with van der Waals surface area (Å²) in [5, 5.41) is 15.5. The van der Waals surface area contributed by atoms with E-state index in [1.165, 1.54) is 12.2 Å². The van der Waals surface area contributed by atoms with Crippen molar-refractivity contribution in [1.29, 1.82) is 0 Å². The first-order valence-corrected chi connectivity index (χ1v) is 4.41. The van der Waals surface area contributed by atoms with E-state index in [0.717, 1.165) is 6.08 Å². The van der Waals surface area contributed by atoms with Crippen LogP contribution in [0.1, 0.15) is 0 Å². The van der Waals surface area contributed by atoms with Crippen LogP contribution in [0, 0.1) is 0 Å². The van der Waals surface area contributed by atoms with Crippen LogP contribution in [-0.4, -0.2) is 35.0 Å². The minimum Gasteiger partial charge on any atom is -0.476 e. The summed E-state index contributed by atoms with van der Waals surface area (Å²) in [7, 11) is 0. The highest BCUT2D eigenvalue weighted by Crippen LogP contribution is 2.26. The number of allylic oxidation sites excluding steroid dienone is 2. The highest BCUT2D eigenvalue weighted by molar-refractivity contribution is 6.51. The van der Waals surface area contributed by atoms with Crippen LogP contribution in [0.25, 0.3) is 0 Å². The third-order valence-corrected chi connectivity index (χ3v) is 2.07. The van der Waals surface area contributed by atoms with Gasteiger partial charge in [0.1, 0.15) is 11.8 Å². The molecule has 90 valence electrons. The number of nitrogens with zero attached hydrogens (tertiary/aromatic N) is 2. The number of rotatable bonds is 2. The first kappa shape index (κ1) is 11.5. The summed E-state index contributed by atoms with van der Waals surface area (Å²) in [6, 6.07) is 0. The highest BCUT2D eigenvalue weighted by Gasteiger charge is 2.39. The number of fused-ring (bicyclic) bond motifs is 1. The molecule has 2 aliphatic rings. The van der Waals surface area contributed by atoms with Gasteiger partial charge in [-0.15, -0.1) is 18.3 Å². The van der Waals surface area contributed by atoms with Crippen LogP contribution in [0.5, 0.6) is 0 Å². The molecular formula is C9H5F3N2O3. The Labute approximate surface area is 92.6 Å². The Morgan fingerprint density at radius 1 is 1.41 bits per heavy atom. The van der Waals surface area contributed by atoms with Crippen molar-refractivity contribution >= 4 is 17.4 Å². The molecule has 1 aliphatic heterocycles. The molecule has 0 aromatic carbocycles. The first-order valence-electron chi connectivity index (χ1n) is 4.41. The predicted molar refractivity (Wildman–Crippen MR) is 50.7 cm³/mol. The zero-order valence-corrected chi connectivity index (χ0v) is 8.10. The molecule has 8 heteroatoms. The van der Waals surface area contributed by atoms with Gasteiger partial charge in [0.05, 0.1) is 0 Å². The van der Waals surface area contributed by atoms with E-state index in [1.807, 2.05) is 0 Å². The number of alkyl halides is 3. The van der Waals surface area contributed by atoms with Crippen LogP contribution < -0.4 is 0 Å². The first-order chi connectivity index (χ1) is 7.88. The molecule has 17 heavy (non-hydrogen) atoms. The lowest BCUT2D eigenvalue weighted by atomic mass is 9.97. The molecule has 0 bridgehead atoms. The fourth-order valence-corrected chi connectivity index (χ4v) is 1.45. The molecule has 1 N–H and O–H groups in total. The molecule has 1 atom stereocenters. The van der Waals surface area contributed by atoms with E-state index in [0.29, 0.717) is 0 Å². The number of aliphatic carboxylic acids is 1.